The van der Waals surface area contributed by atoms with E-state index >= 15 is 0 Å². The smallest absolute Gasteiger partial charge is 0.335 e. The van der Waals surface area contributed by atoms with Crippen molar-refractivity contribution in [1.82, 2.24) is 0 Å². The molecule has 1 rings (SSSR count). The van der Waals surface area contributed by atoms with Gasteiger partial charge in [0.2, 0.25) is 0 Å². The molecule has 20 heavy (non-hydrogen) atoms. The Morgan fingerprint density at radius 1 is 1.40 bits per heavy atom. The average molecular weight is 324 g/mol. The molecule has 0 amide bonds. The second-order valence-corrected chi connectivity index (χ2v) is 6.25. The van der Waals surface area contributed by atoms with Crippen LogP contribution >= 0.6 is 12.3 Å². The van der Waals surface area contributed by atoms with Gasteiger partial charge in [-0.1, -0.05) is 5.04 Å². The van der Waals surface area contributed by atoms with Crippen LogP contribution in [0.3, 0.4) is 0 Å². The molecule has 1 aromatic rings. The molecule has 0 saturated heterocycles. The van der Waals surface area contributed by atoms with Crippen molar-refractivity contribution < 1.29 is 37.1 Å². The first-order valence-corrected chi connectivity index (χ1v) is 7.53. The number of hydrogen-bond acceptors (Lipinski definition) is 8. The van der Waals surface area contributed by atoms with Crippen LogP contribution in [0.25, 0.3) is 0 Å². The minimum absolute atomic E-state index is 0.00734. The van der Waals surface area contributed by atoms with Crippen molar-refractivity contribution in [3.63, 3.8) is 0 Å². The van der Waals surface area contributed by atoms with Gasteiger partial charge >= 0.3 is 5.97 Å². The number of carboxylic acid groups (broad SMARTS) is 1. The fourth-order valence-corrected chi connectivity index (χ4v) is 2.89. The van der Waals surface area contributed by atoms with Gasteiger partial charge in [-0.2, -0.15) is 0 Å². The Morgan fingerprint density at radius 3 is 2.65 bits per heavy atom. The molecule has 0 spiro atoms. The lowest BCUT2D eigenvalue weighted by Gasteiger charge is -2.07. The van der Waals surface area contributed by atoms with Crippen molar-refractivity contribution in [3.05, 3.63) is 29.3 Å². The zero-order valence-corrected chi connectivity index (χ0v) is 11.9. The molecule has 0 aliphatic heterocycles. The molecule has 0 heterocycles. The number of carboxylic acids is 1. The van der Waals surface area contributed by atoms with E-state index in [9.17, 15) is 13.2 Å². The Bertz CT molecular complexity index is 569. The normalized spacial score (nSPS) is 11.5. The van der Waals surface area contributed by atoms with Crippen molar-refractivity contribution in [2.75, 3.05) is 12.4 Å². The van der Waals surface area contributed by atoms with Crippen LogP contribution in [0.4, 0.5) is 0 Å². The number of benzene rings is 1. The van der Waals surface area contributed by atoms with Crippen LogP contribution in [0, 0.1) is 6.92 Å². The van der Waals surface area contributed by atoms with Gasteiger partial charge in [0.1, 0.15) is 0 Å². The minimum Gasteiger partial charge on any atom is -0.478 e. The van der Waals surface area contributed by atoms with E-state index in [1.54, 1.807) is 0 Å². The Hall–Kier alpha value is -1.17. The third-order valence-corrected chi connectivity index (χ3v) is 4.38. The molecule has 1 aromatic carbocycles. The molecule has 0 aliphatic carbocycles. The lowest BCUT2D eigenvalue weighted by molar-refractivity contribution is -0.434. The van der Waals surface area contributed by atoms with Gasteiger partial charge in [0.15, 0.2) is 22.2 Å². The molecular weight excluding hydrogens is 312 g/mol. The Labute approximate surface area is 119 Å². The highest BCUT2D eigenvalue weighted by Crippen LogP contribution is 2.17. The quantitative estimate of drug-likeness (QED) is 0.317. The molecule has 10 heteroatoms. The number of rotatable bonds is 8. The standard InChI is InChI=1S/C10H12O8S2/c1-7-6-8(2-3-9(7)10(11)12)20(14,15)5-4-16-19-18-17-13/h2-3,6,13H,4-5H2,1H3,(H,11,12). The Kier molecular flexibility index (Phi) is 6.39. The number of carbonyl (C=O) groups is 1. The van der Waals surface area contributed by atoms with Crippen LogP contribution in [0.5, 0.6) is 0 Å². The molecule has 8 nitrogen and oxygen atoms in total. The summed E-state index contributed by atoms with van der Waals surface area (Å²) in [5.74, 6) is -1.45. The Morgan fingerprint density at radius 2 is 2.10 bits per heavy atom. The molecule has 0 atom stereocenters. The number of hydrogen-bond donors (Lipinski definition) is 2. The number of sulfone groups is 1. The maximum absolute atomic E-state index is 11.9. The van der Waals surface area contributed by atoms with E-state index in [0.29, 0.717) is 5.56 Å². The van der Waals surface area contributed by atoms with Gasteiger partial charge in [-0.15, -0.1) is 4.33 Å². The summed E-state index contributed by atoms with van der Waals surface area (Å²) in [4.78, 5) is 10.8. The summed E-state index contributed by atoms with van der Waals surface area (Å²) in [6.07, 6.45) is 0. The largest absolute Gasteiger partial charge is 0.478 e. The minimum atomic E-state index is -3.60. The predicted molar refractivity (Wildman–Crippen MR) is 68.5 cm³/mol. The highest BCUT2D eigenvalue weighted by atomic mass is 32.2. The van der Waals surface area contributed by atoms with E-state index in [4.69, 9.17) is 10.4 Å². The first kappa shape index (κ1) is 16.9. The lowest BCUT2D eigenvalue weighted by atomic mass is 10.1. The fourth-order valence-electron chi connectivity index (χ4n) is 1.40. The van der Waals surface area contributed by atoms with E-state index in [1.165, 1.54) is 25.1 Å². The molecule has 2 N–H and O–H groups in total. The molecule has 0 aromatic heterocycles. The van der Waals surface area contributed by atoms with E-state index in [1.807, 2.05) is 0 Å². The van der Waals surface area contributed by atoms with Crippen LogP contribution < -0.4 is 0 Å². The fraction of sp³-hybridized carbons (Fsp3) is 0.300. The summed E-state index contributed by atoms with van der Waals surface area (Å²) >= 11 is 0.284. The van der Waals surface area contributed by atoms with Crippen molar-refractivity contribution >= 4 is 28.1 Å². The number of aryl methyl sites for hydroxylation is 1. The van der Waals surface area contributed by atoms with Crippen LogP contribution in [0.1, 0.15) is 15.9 Å². The van der Waals surface area contributed by atoms with Gasteiger partial charge in [0, 0.05) is 0 Å². The summed E-state index contributed by atoms with van der Waals surface area (Å²) in [6.45, 7) is 1.32. The molecule has 0 aliphatic rings. The second-order valence-electron chi connectivity index (χ2n) is 3.63. The van der Waals surface area contributed by atoms with E-state index in [2.05, 4.69) is 13.6 Å². The number of aromatic carboxylic acids is 1. The van der Waals surface area contributed by atoms with E-state index < -0.39 is 15.8 Å². The van der Waals surface area contributed by atoms with Crippen LogP contribution in [-0.4, -0.2) is 37.1 Å². The highest BCUT2D eigenvalue weighted by molar-refractivity contribution is 7.91. The van der Waals surface area contributed by atoms with Crippen molar-refractivity contribution in [1.29, 1.82) is 0 Å². The molecule has 0 radical (unpaired) electrons. The van der Waals surface area contributed by atoms with E-state index in [-0.39, 0.29) is 35.1 Å². The zero-order chi connectivity index (χ0) is 15.2. The van der Waals surface area contributed by atoms with E-state index in [0.717, 1.165) is 0 Å². The molecule has 0 unspecified atom stereocenters. The maximum atomic E-state index is 11.9. The molecular formula is C10H12O8S2. The zero-order valence-electron chi connectivity index (χ0n) is 10.3. The summed E-state index contributed by atoms with van der Waals surface area (Å²) in [7, 11) is -3.60. The second kappa shape index (κ2) is 7.57. The van der Waals surface area contributed by atoms with Crippen molar-refractivity contribution in [2.45, 2.75) is 11.8 Å². The predicted octanol–water partition coefficient (Wildman–Crippen LogP) is 1.47. The molecule has 0 fully saturated rings. The van der Waals surface area contributed by atoms with Gasteiger partial charge in [0.25, 0.3) is 0 Å². The summed E-state index contributed by atoms with van der Waals surface area (Å²) in [5.41, 5.74) is 0.398. The van der Waals surface area contributed by atoms with Gasteiger partial charge in [0.05, 0.1) is 22.8 Å². The maximum Gasteiger partial charge on any atom is 0.335 e. The summed E-state index contributed by atoms with van der Waals surface area (Å²) in [6, 6.07) is 3.76. The first-order chi connectivity index (χ1) is 9.38. The topological polar surface area (TPSA) is 119 Å². The summed E-state index contributed by atoms with van der Waals surface area (Å²) in [5, 5.41) is 19.9. The highest BCUT2D eigenvalue weighted by Gasteiger charge is 2.17. The van der Waals surface area contributed by atoms with Gasteiger partial charge in [-0.05, 0) is 30.7 Å². The average Bonchev–Trinajstić information content (AvgIpc) is 2.37. The van der Waals surface area contributed by atoms with Crippen molar-refractivity contribution in [3.8, 4) is 0 Å². The Balaban J connectivity index is 2.73. The van der Waals surface area contributed by atoms with Crippen LogP contribution in [0.15, 0.2) is 23.1 Å². The van der Waals surface area contributed by atoms with Crippen LogP contribution in [0.2, 0.25) is 0 Å². The molecule has 0 saturated carbocycles. The van der Waals surface area contributed by atoms with Gasteiger partial charge < -0.3 is 5.11 Å². The lowest BCUT2D eigenvalue weighted by Crippen LogP contribution is -2.12. The first-order valence-electron chi connectivity index (χ1n) is 5.21. The van der Waals surface area contributed by atoms with Gasteiger partial charge in [-0.25, -0.2) is 18.5 Å². The van der Waals surface area contributed by atoms with Crippen LogP contribution in [-0.2, 0) is 23.4 Å². The third kappa shape index (κ3) is 4.74. The SMILES string of the molecule is Cc1cc(S(=O)(=O)CCOSOOO)ccc1C(=O)O. The molecule has 112 valence electrons. The molecule has 0 bridgehead atoms. The summed E-state index contributed by atoms with van der Waals surface area (Å²) < 4.78 is 32.4. The third-order valence-electron chi connectivity index (χ3n) is 2.33. The van der Waals surface area contributed by atoms with Crippen molar-refractivity contribution in [2.24, 2.45) is 0 Å². The van der Waals surface area contributed by atoms with Gasteiger partial charge in [-0.3, -0.25) is 4.18 Å². The monoisotopic (exact) mass is 324 g/mol.